The van der Waals surface area contributed by atoms with Crippen molar-refractivity contribution in [2.45, 2.75) is 6.42 Å². The van der Waals surface area contributed by atoms with E-state index in [-0.39, 0.29) is 19.5 Å². The summed E-state index contributed by atoms with van der Waals surface area (Å²) in [5.74, 6) is -0.357. The second-order valence-corrected chi connectivity index (χ2v) is 3.49. The van der Waals surface area contributed by atoms with Gasteiger partial charge in [-0.25, -0.2) is 4.98 Å². The molecular weight excluding hydrogens is 230 g/mol. The Morgan fingerprint density at radius 3 is 2.88 bits per heavy atom. The molecule has 0 saturated heterocycles. The molecule has 0 bridgehead atoms. The lowest BCUT2D eigenvalue weighted by atomic mass is 10.3. The predicted octanol–water partition coefficient (Wildman–Crippen LogP) is 1.54. The lowest BCUT2D eigenvalue weighted by molar-refractivity contribution is -0.136. The summed E-state index contributed by atoms with van der Waals surface area (Å²) in [6, 6.07) is 5.27. The maximum atomic E-state index is 10.4. The first-order valence-corrected chi connectivity index (χ1v) is 4.96. The van der Waals surface area contributed by atoms with Crippen LogP contribution in [0.4, 0.5) is 5.82 Å². The monoisotopic (exact) mass is 239 g/mol. The number of pyridine rings is 1. The highest BCUT2D eigenvalue weighted by Crippen LogP contribution is 2.14. The van der Waals surface area contributed by atoms with Gasteiger partial charge in [0.1, 0.15) is 12.4 Å². The van der Waals surface area contributed by atoms with Gasteiger partial charge in [0.05, 0.1) is 17.5 Å². The van der Waals surface area contributed by atoms with E-state index in [2.05, 4.69) is 4.98 Å². The zero-order valence-electron chi connectivity index (χ0n) is 8.43. The number of aromatic nitrogens is 1. The number of nitrogens with zero attached hydrogens (tertiary/aromatic N) is 3. The van der Waals surface area contributed by atoms with Crippen molar-refractivity contribution >= 4 is 23.4 Å². The number of aliphatic carboxylic acids is 1. The molecule has 0 unspecified atom stereocenters. The molecule has 0 fully saturated rings. The van der Waals surface area contributed by atoms with Crippen molar-refractivity contribution in [2.75, 3.05) is 18.0 Å². The van der Waals surface area contributed by atoms with Crippen molar-refractivity contribution in [3.05, 3.63) is 23.4 Å². The highest BCUT2D eigenvalue weighted by molar-refractivity contribution is 6.30. The average molecular weight is 240 g/mol. The summed E-state index contributed by atoms with van der Waals surface area (Å²) in [5, 5.41) is 17.7. The summed E-state index contributed by atoms with van der Waals surface area (Å²) in [5.41, 5.74) is 0. The van der Waals surface area contributed by atoms with Crippen molar-refractivity contribution < 1.29 is 9.90 Å². The number of rotatable bonds is 5. The molecule has 16 heavy (non-hydrogen) atoms. The van der Waals surface area contributed by atoms with Crippen LogP contribution in [0.2, 0.25) is 5.02 Å². The molecule has 0 radical (unpaired) electrons. The molecule has 1 aromatic heterocycles. The fraction of sp³-hybridized carbons (Fsp3) is 0.300. The summed E-state index contributed by atoms with van der Waals surface area (Å²) in [7, 11) is 0. The van der Waals surface area contributed by atoms with E-state index in [1.165, 1.54) is 6.20 Å². The SMILES string of the molecule is N#CCN(CCC(=O)O)c1ccc(Cl)cn1. The molecule has 1 aromatic rings. The van der Waals surface area contributed by atoms with Gasteiger partial charge in [-0.3, -0.25) is 4.79 Å². The van der Waals surface area contributed by atoms with Crippen LogP contribution in [0.3, 0.4) is 0 Å². The molecule has 0 aliphatic rings. The molecule has 6 heteroatoms. The number of hydrogen-bond acceptors (Lipinski definition) is 4. The highest BCUT2D eigenvalue weighted by Gasteiger charge is 2.09. The minimum absolute atomic E-state index is 0.0357. The summed E-state index contributed by atoms with van der Waals surface area (Å²) in [4.78, 5) is 16.1. The van der Waals surface area contributed by atoms with Crippen LogP contribution >= 0.6 is 11.6 Å². The van der Waals surface area contributed by atoms with Crippen LogP contribution in [0.25, 0.3) is 0 Å². The molecule has 0 atom stereocenters. The van der Waals surface area contributed by atoms with Crippen molar-refractivity contribution in [2.24, 2.45) is 0 Å². The summed E-state index contributed by atoms with van der Waals surface area (Å²) in [6.07, 6.45) is 1.42. The fourth-order valence-electron chi connectivity index (χ4n) is 1.15. The van der Waals surface area contributed by atoms with Crippen molar-refractivity contribution in [3.63, 3.8) is 0 Å². The molecule has 0 aromatic carbocycles. The van der Waals surface area contributed by atoms with Crippen molar-refractivity contribution in [1.29, 1.82) is 5.26 Å². The molecule has 0 saturated carbocycles. The van der Waals surface area contributed by atoms with E-state index in [1.807, 2.05) is 6.07 Å². The molecule has 1 rings (SSSR count). The van der Waals surface area contributed by atoms with E-state index in [0.29, 0.717) is 10.8 Å². The second kappa shape index (κ2) is 5.93. The zero-order chi connectivity index (χ0) is 12.0. The molecule has 0 amide bonds. The van der Waals surface area contributed by atoms with Gasteiger partial charge in [-0.1, -0.05) is 11.6 Å². The molecule has 1 heterocycles. The van der Waals surface area contributed by atoms with Gasteiger partial charge in [-0.15, -0.1) is 0 Å². The van der Waals surface area contributed by atoms with E-state index in [1.54, 1.807) is 17.0 Å². The number of carboxylic acid groups (broad SMARTS) is 1. The van der Waals surface area contributed by atoms with Crippen molar-refractivity contribution in [3.8, 4) is 6.07 Å². The number of halogens is 1. The molecule has 1 N–H and O–H groups in total. The van der Waals surface area contributed by atoms with E-state index in [0.717, 1.165) is 0 Å². The van der Waals surface area contributed by atoms with Crippen LogP contribution in [0.1, 0.15) is 6.42 Å². The van der Waals surface area contributed by atoms with Crippen molar-refractivity contribution in [1.82, 2.24) is 4.98 Å². The molecule has 0 aliphatic carbocycles. The van der Waals surface area contributed by atoms with Gasteiger partial charge in [-0.05, 0) is 12.1 Å². The first kappa shape index (κ1) is 12.3. The minimum Gasteiger partial charge on any atom is -0.481 e. The third-order valence-electron chi connectivity index (χ3n) is 1.89. The van der Waals surface area contributed by atoms with E-state index < -0.39 is 5.97 Å². The lowest BCUT2D eigenvalue weighted by Crippen LogP contribution is -2.27. The van der Waals surface area contributed by atoms with Crippen LogP contribution in [-0.4, -0.2) is 29.1 Å². The van der Waals surface area contributed by atoms with E-state index in [4.69, 9.17) is 22.0 Å². The van der Waals surface area contributed by atoms with Gasteiger partial charge in [0.2, 0.25) is 0 Å². The number of anilines is 1. The highest BCUT2D eigenvalue weighted by atomic mass is 35.5. The van der Waals surface area contributed by atoms with Crippen LogP contribution in [0.5, 0.6) is 0 Å². The molecule has 84 valence electrons. The molecule has 0 aliphatic heterocycles. The molecular formula is C10H10ClN3O2. The Morgan fingerprint density at radius 2 is 2.38 bits per heavy atom. The third-order valence-corrected chi connectivity index (χ3v) is 2.12. The van der Waals surface area contributed by atoms with Crippen LogP contribution in [-0.2, 0) is 4.79 Å². The predicted molar refractivity (Wildman–Crippen MR) is 59.3 cm³/mol. The number of carbonyl (C=O) groups is 1. The Balaban J connectivity index is 2.73. The lowest BCUT2D eigenvalue weighted by Gasteiger charge is -2.19. The first-order valence-electron chi connectivity index (χ1n) is 4.58. The molecule has 0 spiro atoms. The Hall–Kier alpha value is -1.80. The van der Waals surface area contributed by atoms with Crippen LogP contribution in [0, 0.1) is 11.3 Å². The average Bonchev–Trinajstić information content (AvgIpc) is 2.25. The topological polar surface area (TPSA) is 77.2 Å². The van der Waals surface area contributed by atoms with Crippen LogP contribution < -0.4 is 4.90 Å². The van der Waals surface area contributed by atoms with Gasteiger partial charge in [0.15, 0.2) is 0 Å². The van der Waals surface area contributed by atoms with Gasteiger partial charge in [0, 0.05) is 12.7 Å². The van der Waals surface area contributed by atoms with E-state index >= 15 is 0 Å². The number of nitriles is 1. The Morgan fingerprint density at radius 1 is 1.62 bits per heavy atom. The smallest absolute Gasteiger partial charge is 0.305 e. The van der Waals surface area contributed by atoms with Gasteiger partial charge in [0.25, 0.3) is 0 Å². The first-order chi connectivity index (χ1) is 7.63. The maximum Gasteiger partial charge on any atom is 0.305 e. The summed E-state index contributed by atoms with van der Waals surface area (Å²) < 4.78 is 0. The van der Waals surface area contributed by atoms with Crippen LogP contribution in [0.15, 0.2) is 18.3 Å². The fourth-order valence-corrected chi connectivity index (χ4v) is 1.26. The Labute approximate surface area is 97.9 Å². The zero-order valence-corrected chi connectivity index (χ0v) is 9.18. The standard InChI is InChI=1S/C10H10ClN3O2/c11-8-1-2-9(13-7-8)14(6-4-12)5-3-10(15)16/h1-2,7H,3,5-6H2,(H,15,16). The van der Waals surface area contributed by atoms with Gasteiger partial charge < -0.3 is 10.0 Å². The largest absolute Gasteiger partial charge is 0.481 e. The van der Waals surface area contributed by atoms with Gasteiger partial charge >= 0.3 is 5.97 Å². The summed E-state index contributed by atoms with van der Waals surface area (Å²) >= 11 is 5.68. The summed E-state index contributed by atoms with van der Waals surface area (Å²) in [6.45, 7) is 0.347. The normalized spacial score (nSPS) is 9.50. The quantitative estimate of drug-likeness (QED) is 0.789. The Kier molecular flexibility index (Phi) is 4.55. The number of carboxylic acids is 1. The van der Waals surface area contributed by atoms with Gasteiger partial charge in [-0.2, -0.15) is 5.26 Å². The maximum absolute atomic E-state index is 10.4. The second-order valence-electron chi connectivity index (χ2n) is 3.06. The third kappa shape index (κ3) is 3.75. The Bertz CT molecular complexity index is 400. The van der Waals surface area contributed by atoms with E-state index in [9.17, 15) is 4.79 Å². The minimum atomic E-state index is -0.906. The number of hydrogen-bond donors (Lipinski definition) is 1. The molecule has 5 nitrogen and oxygen atoms in total.